The van der Waals surface area contributed by atoms with Crippen molar-refractivity contribution in [1.82, 2.24) is 19.9 Å². The quantitative estimate of drug-likeness (QED) is 0.482. The van der Waals surface area contributed by atoms with E-state index in [2.05, 4.69) is 37.7 Å². The minimum absolute atomic E-state index is 0.0114. The van der Waals surface area contributed by atoms with E-state index in [1.165, 1.54) is 0 Å². The molecule has 8 bridgehead atoms. The Kier molecular flexibility index (Phi) is 4.90. The highest BCUT2D eigenvalue weighted by Crippen LogP contribution is 2.33. The van der Waals surface area contributed by atoms with E-state index in [-0.39, 0.29) is 22.4 Å². The normalized spacial score (nSPS) is 16.4. The van der Waals surface area contributed by atoms with Crippen LogP contribution in [0.3, 0.4) is 0 Å². The highest BCUT2D eigenvalue weighted by molar-refractivity contribution is 6.03. The van der Waals surface area contributed by atoms with E-state index in [9.17, 15) is 9.59 Å². The molecule has 0 spiro atoms. The van der Waals surface area contributed by atoms with Crippen molar-refractivity contribution in [3.05, 3.63) is 70.3 Å². The van der Waals surface area contributed by atoms with Gasteiger partial charge in [-0.05, 0) is 50.2 Å². The molecule has 0 saturated heterocycles. The Morgan fingerprint density at radius 3 is 1.41 bits per heavy atom. The summed E-state index contributed by atoms with van der Waals surface area (Å²) < 4.78 is 0. The van der Waals surface area contributed by atoms with Gasteiger partial charge in [-0.15, -0.1) is 0 Å². The number of Topliss-reactive ketones (excluding diaryl/α,β-unsaturated/α-hetero) is 2. The van der Waals surface area contributed by atoms with E-state index in [0.29, 0.717) is 11.1 Å². The van der Waals surface area contributed by atoms with Crippen molar-refractivity contribution in [2.24, 2.45) is 0 Å². The van der Waals surface area contributed by atoms with Crippen molar-refractivity contribution in [1.29, 1.82) is 0 Å². The number of ketones is 2. The van der Waals surface area contributed by atoms with E-state index >= 15 is 0 Å². The molecule has 3 aromatic heterocycles. The van der Waals surface area contributed by atoms with E-state index in [1.54, 1.807) is 13.8 Å². The summed E-state index contributed by atoms with van der Waals surface area (Å²) in [5.41, 5.74) is 7.90. The summed E-state index contributed by atoms with van der Waals surface area (Å²) in [6, 6.07) is 11.8. The van der Waals surface area contributed by atoms with E-state index in [1.807, 2.05) is 36.4 Å². The van der Waals surface area contributed by atoms with Gasteiger partial charge in [-0.1, -0.05) is 27.7 Å². The van der Waals surface area contributed by atoms with Crippen LogP contribution in [0, 0.1) is 0 Å². The number of rotatable bonds is 2. The molecule has 6 heteroatoms. The number of fused-ring (bicyclic) bond motifs is 8. The Morgan fingerprint density at radius 1 is 0.676 bits per heavy atom. The lowest BCUT2D eigenvalue weighted by Gasteiger charge is -2.15. The Bertz CT molecular complexity index is 1400. The zero-order valence-corrected chi connectivity index (χ0v) is 20.6. The van der Waals surface area contributed by atoms with Crippen molar-refractivity contribution >= 4 is 33.6 Å². The van der Waals surface area contributed by atoms with Crippen LogP contribution in [0.5, 0.6) is 0 Å². The molecule has 0 saturated carbocycles. The first kappa shape index (κ1) is 22.3. The van der Waals surface area contributed by atoms with Crippen molar-refractivity contribution in [2.45, 2.75) is 65.2 Å². The summed E-state index contributed by atoms with van der Waals surface area (Å²) in [7, 11) is 0. The summed E-state index contributed by atoms with van der Waals surface area (Å²) >= 11 is 0. The fourth-order valence-corrected chi connectivity index (χ4v) is 4.98. The lowest BCUT2D eigenvalue weighted by molar-refractivity contribution is 0.101. The molecule has 0 amide bonds. The molecule has 5 heterocycles. The third-order valence-electron chi connectivity index (χ3n) is 6.86. The monoisotopic (exact) mass is 454 g/mol. The standard InChI is InChI=1S/C28H30N4O2/c1-15(33)21-7-17-11-25-28(5,6)14-20(32-25)10-24-22(16(2)34)8-18(30-24)12-26-27(3,4)13-19(31-26)9-23(21)29-17/h7-12,29-30H,13-14H2,1-6H3. The smallest absolute Gasteiger partial charge is 0.161 e. The van der Waals surface area contributed by atoms with Gasteiger partial charge in [-0.25, -0.2) is 0 Å². The predicted molar refractivity (Wildman–Crippen MR) is 134 cm³/mol. The molecule has 6 nitrogen and oxygen atoms in total. The van der Waals surface area contributed by atoms with Gasteiger partial charge in [0.05, 0.1) is 11.0 Å². The molecule has 34 heavy (non-hydrogen) atoms. The molecule has 0 atom stereocenters. The highest BCUT2D eigenvalue weighted by atomic mass is 16.1. The summed E-state index contributed by atoms with van der Waals surface area (Å²) in [6.45, 7) is 11.8. The molecule has 0 aromatic carbocycles. The molecular formula is C28H30N4O2. The number of aromatic amines is 2. The Balaban J connectivity index is 1.92. The van der Waals surface area contributed by atoms with Gasteiger partial charge in [0, 0.05) is 68.6 Å². The molecule has 0 fully saturated rings. The average molecular weight is 455 g/mol. The van der Waals surface area contributed by atoms with Crippen LogP contribution >= 0.6 is 0 Å². The van der Waals surface area contributed by atoms with Gasteiger partial charge in [-0.3, -0.25) is 19.6 Å². The third kappa shape index (κ3) is 3.87. The van der Waals surface area contributed by atoms with E-state index in [0.717, 1.165) is 57.7 Å². The number of hydrogen-bond donors (Lipinski definition) is 2. The first-order chi connectivity index (χ1) is 15.9. The Labute approximate surface area is 198 Å². The minimum atomic E-state index is -0.174. The fraction of sp³-hybridized carbons (Fsp3) is 0.357. The predicted octanol–water partition coefficient (Wildman–Crippen LogP) is 5.76. The lowest BCUT2D eigenvalue weighted by Crippen LogP contribution is -2.15. The molecule has 0 aliphatic carbocycles. The molecule has 2 N–H and O–H groups in total. The van der Waals surface area contributed by atoms with Gasteiger partial charge < -0.3 is 9.97 Å². The fourth-order valence-electron chi connectivity index (χ4n) is 4.98. The van der Waals surface area contributed by atoms with Gasteiger partial charge in [0.2, 0.25) is 0 Å². The third-order valence-corrected chi connectivity index (χ3v) is 6.86. The van der Waals surface area contributed by atoms with Gasteiger partial charge in [-0.2, -0.15) is 0 Å². The molecule has 0 unspecified atom stereocenters. The van der Waals surface area contributed by atoms with Gasteiger partial charge >= 0.3 is 0 Å². The number of H-pyrrole nitrogens is 2. The zero-order valence-electron chi connectivity index (χ0n) is 20.6. The number of nitrogens with zero attached hydrogens (tertiary/aromatic N) is 2. The maximum atomic E-state index is 12.4. The molecule has 3 aromatic rings. The summed E-state index contributed by atoms with van der Waals surface area (Å²) in [6.07, 6.45) is 1.51. The van der Waals surface area contributed by atoms with Crippen molar-refractivity contribution in [3.63, 3.8) is 0 Å². The first-order valence-electron chi connectivity index (χ1n) is 11.7. The summed E-state index contributed by atoms with van der Waals surface area (Å²) in [5.74, 6) is 0.0227. The van der Waals surface area contributed by atoms with Crippen molar-refractivity contribution < 1.29 is 9.59 Å². The van der Waals surface area contributed by atoms with Crippen LogP contribution in [0.15, 0.2) is 36.4 Å². The molecule has 2 aliphatic heterocycles. The second-order valence-electron chi connectivity index (χ2n) is 10.9. The van der Waals surface area contributed by atoms with Gasteiger partial charge in [0.1, 0.15) is 0 Å². The second-order valence-corrected chi connectivity index (χ2v) is 10.9. The van der Waals surface area contributed by atoms with Crippen LogP contribution in [-0.4, -0.2) is 31.5 Å². The number of carbonyl (C=O) groups excluding carboxylic acids is 2. The van der Waals surface area contributed by atoms with Gasteiger partial charge in [0.15, 0.2) is 11.6 Å². The Hall–Kier alpha value is -3.54. The maximum absolute atomic E-state index is 12.4. The number of carbonyl (C=O) groups is 2. The van der Waals surface area contributed by atoms with E-state index < -0.39 is 0 Å². The van der Waals surface area contributed by atoms with Gasteiger partial charge in [0.25, 0.3) is 0 Å². The van der Waals surface area contributed by atoms with E-state index in [4.69, 9.17) is 9.97 Å². The van der Waals surface area contributed by atoms with Crippen LogP contribution in [-0.2, 0) is 23.7 Å². The minimum Gasteiger partial charge on any atom is -0.355 e. The van der Waals surface area contributed by atoms with Crippen LogP contribution in [0.2, 0.25) is 0 Å². The van der Waals surface area contributed by atoms with Crippen LogP contribution in [0.25, 0.3) is 22.1 Å². The van der Waals surface area contributed by atoms with Crippen LogP contribution < -0.4 is 0 Å². The molecule has 5 rings (SSSR count). The number of aromatic nitrogens is 4. The number of nitrogens with one attached hydrogen (secondary N) is 2. The molecule has 2 aliphatic rings. The van der Waals surface area contributed by atoms with Crippen molar-refractivity contribution in [2.75, 3.05) is 0 Å². The highest BCUT2D eigenvalue weighted by Gasteiger charge is 2.30. The summed E-state index contributed by atoms with van der Waals surface area (Å²) in [4.78, 5) is 41.5. The average Bonchev–Trinajstić information content (AvgIpc) is 3.42. The molecule has 0 radical (unpaired) electrons. The lowest BCUT2D eigenvalue weighted by atomic mass is 9.87. The maximum Gasteiger partial charge on any atom is 0.161 e. The van der Waals surface area contributed by atoms with Crippen LogP contribution in [0.1, 0.15) is 85.0 Å². The molecular weight excluding hydrogens is 424 g/mol. The zero-order chi connectivity index (χ0) is 24.4. The largest absolute Gasteiger partial charge is 0.355 e. The van der Waals surface area contributed by atoms with Crippen molar-refractivity contribution in [3.8, 4) is 0 Å². The van der Waals surface area contributed by atoms with Crippen LogP contribution in [0.4, 0.5) is 0 Å². The molecule has 174 valence electrons. The SMILES string of the molecule is CC(=O)c1cc2cc3nc(cc4[nH]c(cc5nc(cc1[nH]2)CC5(C)C)cc4C(C)=O)CC3(C)C. The second kappa shape index (κ2) is 7.49. The topological polar surface area (TPSA) is 91.5 Å². The number of hydrogen-bond acceptors (Lipinski definition) is 4. The Morgan fingerprint density at radius 2 is 1.06 bits per heavy atom. The first-order valence-corrected chi connectivity index (χ1v) is 11.7. The summed E-state index contributed by atoms with van der Waals surface area (Å²) in [5, 5.41) is 0.